The highest BCUT2D eigenvalue weighted by Gasteiger charge is 2.43. The van der Waals surface area contributed by atoms with Crippen LogP contribution >= 0.6 is 0 Å². The summed E-state index contributed by atoms with van der Waals surface area (Å²) in [6.45, 7) is 2.24. The molecular formula is C14H27NO2S. The molecule has 18 heavy (non-hydrogen) atoms. The molecule has 0 aromatic rings. The molecule has 106 valence electrons. The summed E-state index contributed by atoms with van der Waals surface area (Å²) in [4.78, 5) is 0. The summed E-state index contributed by atoms with van der Waals surface area (Å²) >= 11 is 0. The maximum absolute atomic E-state index is 11.6. The topological polar surface area (TPSA) is 60.2 Å². The molecule has 2 aliphatic rings. The molecule has 0 amide bonds. The van der Waals surface area contributed by atoms with Crippen LogP contribution in [0, 0.1) is 11.8 Å². The SMILES string of the molecule is CCCCC1CCC(N)(C2CCS(=O)(=O)C2)CC1. The lowest BCUT2D eigenvalue weighted by molar-refractivity contribution is 0.167. The van der Waals surface area contributed by atoms with E-state index >= 15 is 0 Å². The van der Waals surface area contributed by atoms with Gasteiger partial charge >= 0.3 is 0 Å². The molecule has 1 heterocycles. The van der Waals surface area contributed by atoms with E-state index in [0.717, 1.165) is 25.2 Å². The van der Waals surface area contributed by atoms with Gasteiger partial charge in [0.15, 0.2) is 9.84 Å². The van der Waals surface area contributed by atoms with Crippen molar-refractivity contribution in [2.24, 2.45) is 17.6 Å². The standard InChI is InChI=1S/C14H27NO2S/c1-2-3-4-12-5-8-14(15,9-6-12)13-7-10-18(16,17)11-13/h12-13H,2-11,15H2,1H3. The molecule has 2 N–H and O–H groups in total. The fourth-order valence-corrected chi connectivity index (χ4v) is 5.58. The van der Waals surface area contributed by atoms with Crippen LogP contribution in [-0.2, 0) is 9.84 Å². The van der Waals surface area contributed by atoms with E-state index in [9.17, 15) is 8.42 Å². The Balaban J connectivity index is 1.87. The predicted molar refractivity (Wildman–Crippen MR) is 75.2 cm³/mol. The van der Waals surface area contributed by atoms with Crippen LogP contribution in [0.15, 0.2) is 0 Å². The molecule has 1 saturated carbocycles. The summed E-state index contributed by atoms with van der Waals surface area (Å²) in [6, 6.07) is 0. The summed E-state index contributed by atoms with van der Waals surface area (Å²) in [6.07, 6.45) is 9.17. The van der Waals surface area contributed by atoms with Gasteiger partial charge in [-0.25, -0.2) is 8.42 Å². The Labute approximate surface area is 111 Å². The second-order valence-electron chi connectivity index (χ2n) is 6.42. The molecule has 0 spiro atoms. The lowest BCUT2D eigenvalue weighted by Gasteiger charge is -2.41. The van der Waals surface area contributed by atoms with Crippen LogP contribution in [0.1, 0.15) is 58.3 Å². The predicted octanol–water partition coefficient (Wildman–Crippen LogP) is 2.50. The van der Waals surface area contributed by atoms with Crippen LogP contribution < -0.4 is 5.73 Å². The van der Waals surface area contributed by atoms with Crippen molar-refractivity contribution < 1.29 is 8.42 Å². The number of nitrogens with two attached hydrogens (primary N) is 1. The number of hydrogen-bond donors (Lipinski definition) is 1. The average Bonchev–Trinajstić information content (AvgIpc) is 2.70. The number of unbranched alkanes of at least 4 members (excludes halogenated alkanes) is 1. The molecule has 2 fully saturated rings. The van der Waals surface area contributed by atoms with E-state index in [4.69, 9.17) is 5.73 Å². The van der Waals surface area contributed by atoms with Gasteiger partial charge < -0.3 is 5.73 Å². The van der Waals surface area contributed by atoms with Gasteiger partial charge in [0.1, 0.15) is 0 Å². The number of hydrogen-bond acceptors (Lipinski definition) is 3. The fourth-order valence-electron chi connectivity index (χ4n) is 3.65. The molecule has 1 saturated heterocycles. The van der Waals surface area contributed by atoms with Gasteiger partial charge in [0.2, 0.25) is 0 Å². The summed E-state index contributed by atoms with van der Waals surface area (Å²) in [7, 11) is -2.79. The first-order valence-electron chi connectivity index (χ1n) is 7.44. The minimum absolute atomic E-state index is 0.188. The molecule has 4 heteroatoms. The van der Waals surface area contributed by atoms with Gasteiger partial charge in [-0.3, -0.25) is 0 Å². The van der Waals surface area contributed by atoms with E-state index < -0.39 is 9.84 Å². The first-order valence-corrected chi connectivity index (χ1v) is 9.26. The first-order chi connectivity index (χ1) is 8.45. The normalized spacial score (nSPS) is 39.9. The van der Waals surface area contributed by atoms with Crippen molar-refractivity contribution in [2.45, 2.75) is 63.8 Å². The zero-order valence-corrected chi connectivity index (χ0v) is 12.3. The Bertz CT molecular complexity index is 369. The molecular weight excluding hydrogens is 246 g/mol. The van der Waals surface area contributed by atoms with Crippen molar-refractivity contribution in [1.29, 1.82) is 0 Å². The van der Waals surface area contributed by atoms with Crippen LogP contribution in [-0.4, -0.2) is 25.5 Å². The molecule has 0 aromatic carbocycles. The molecule has 0 radical (unpaired) electrons. The van der Waals surface area contributed by atoms with E-state index in [1.54, 1.807) is 0 Å². The van der Waals surface area contributed by atoms with Gasteiger partial charge in [-0.15, -0.1) is 0 Å². The number of sulfone groups is 1. The quantitative estimate of drug-likeness (QED) is 0.856. The van der Waals surface area contributed by atoms with E-state index in [0.29, 0.717) is 11.5 Å². The van der Waals surface area contributed by atoms with Crippen molar-refractivity contribution >= 4 is 9.84 Å². The molecule has 2 rings (SSSR count). The summed E-state index contributed by atoms with van der Waals surface area (Å²) in [5.74, 6) is 1.74. The van der Waals surface area contributed by atoms with Crippen molar-refractivity contribution in [1.82, 2.24) is 0 Å². The van der Waals surface area contributed by atoms with Crippen LogP contribution in [0.3, 0.4) is 0 Å². The third kappa shape index (κ3) is 3.27. The van der Waals surface area contributed by atoms with Gasteiger partial charge in [0.05, 0.1) is 11.5 Å². The van der Waals surface area contributed by atoms with Gasteiger partial charge in [0.25, 0.3) is 0 Å². The van der Waals surface area contributed by atoms with E-state index in [-0.39, 0.29) is 11.5 Å². The molecule has 1 aliphatic heterocycles. The Morgan fingerprint density at radius 2 is 1.89 bits per heavy atom. The van der Waals surface area contributed by atoms with Gasteiger partial charge in [-0.1, -0.05) is 26.2 Å². The third-order valence-corrected chi connectivity index (χ3v) is 6.82. The lowest BCUT2D eigenvalue weighted by atomic mass is 9.69. The van der Waals surface area contributed by atoms with Crippen LogP contribution in [0.5, 0.6) is 0 Å². The van der Waals surface area contributed by atoms with Crippen molar-refractivity contribution in [2.75, 3.05) is 11.5 Å². The molecule has 0 aromatic heterocycles. The van der Waals surface area contributed by atoms with Gasteiger partial charge in [-0.2, -0.15) is 0 Å². The smallest absolute Gasteiger partial charge is 0.150 e. The lowest BCUT2D eigenvalue weighted by Crippen LogP contribution is -2.50. The van der Waals surface area contributed by atoms with Crippen molar-refractivity contribution in [3.63, 3.8) is 0 Å². The van der Waals surface area contributed by atoms with E-state index in [2.05, 4.69) is 6.92 Å². The fraction of sp³-hybridized carbons (Fsp3) is 1.00. The zero-order chi connectivity index (χ0) is 13.2. The monoisotopic (exact) mass is 273 g/mol. The molecule has 1 aliphatic carbocycles. The van der Waals surface area contributed by atoms with Gasteiger partial charge in [0, 0.05) is 5.54 Å². The average molecular weight is 273 g/mol. The van der Waals surface area contributed by atoms with Crippen LogP contribution in [0.25, 0.3) is 0 Å². The zero-order valence-electron chi connectivity index (χ0n) is 11.5. The Morgan fingerprint density at radius 3 is 2.39 bits per heavy atom. The van der Waals surface area contributed by atoms with Crippen LogP contribution in [0.4, 0.5) is 0 Å². The third-order valence-electron chi connectivity index (χ3n) is 5.05. The first kappa shape index (κ1) is 14.3. The highest BCUT2D eigenvalue weighted by atomic mass is 32.2. The molecule has 1 unspecified atom stereocenters. The Kier molecular flexibility index (Phi) is 4.37. The molecule has 3 nitrogen and oxygen atoms in total. The van der Waals surface area contributed by atoms with E-state index in [1.165, 1.54) is 32.1 Å². The van der Waals surface area contributed by atoms with Crippen molar-refractivity contribution in [3.05, 3.63) is 0 Å². The Morgan fingerprint density at radius 1 is 1.22 bits per heavy atom. The second-order valence-corrected chi connectivity index (χ2v) is 8.65. The van der Waals surface area contributed by atoms with E-state index in [1.807, 2.05) is 0 Å². The largest absolute Gasteiger partial charge is 0.325 e. The highest BCUT2D eigenvalue weighted by Crippen LogP contribution is 2.41. The summed E-state index contributed by atoms with van der Waals surface area (Å²) in [5.41, 5.74) is 6.32. The summed E-state index contributed by atoms with van der Waals surface area (Å²) < 4.78 is 23.2. The minimum Gasteiger partial charge on any atom is -0.325 e. The maximum Gasteiger partial charge on any atom is 0.150 e. The highest BCUT2D eigenvalue weighted by molar-refractivity contribution is 7.91. The maximum atomic E-state index is 11.6. The molecule has 0 bridgehead atoms. The second kappa shape index (κ2) is 5.49. The Hall–Kier alpha value is -0.0900. The van der Waals surface area contributed by atoms with Crippen molar-refractivity contribution in [3.8, 4) is 0 Å². The van der Waals surface area contributed by atoms with Gasteiger partial charge in [-0.05, 0) is 43.9 Å². The molecule has 1 atom stereocenters. The van der Waals surface area contributed by atoms with Crippen LogP contribution in [0.2, 0.25) is 0 Å². The minimum atomic E-state index is -2.79. The number of rotatable bonds is 4. The summed E-state index contributed by atoms with van der Waals surface area (Å²) in [5, 5.41) is 0.